The lowest BCUT2D eigenvalue weighted by Gasteiger charge is -2.35. The van der Waals surface area contributed by atoms with Gasteiger partial charge in [-0.05, 0) is 49.9 Å². The summed E-state index contributed by atoms with van der Waals surface area (Å²) < 4.78 is 5.14. The average molecular weight is 332 g/mol. The number of carbonyl (C=O) groups excluding carboxylic acids is 3. The Morgan fingerprint density at radius 2 is 1.92 bits per heavy atom. The molecule has 0 saturated carbocycles. The third-order valence-electron chi connectivity index (χ3n) is 4.19. The van der Waals surface area contributed by atoms with E-state index in [0.717, 1.165) is 32.2 Å². The van der Waals surface area contributed by atoms with Crippen LogP contribution < -0.4 is 5.32 Å². The summed E-state index contributed by atoms with van der Waals surface area (Å²) in [5, 5.41) is 2.62. The highest BCUT2D eigenvalue weighted by atomic mass is 16.5. The minimum absolute atomic E-state index is 0.134. The van der Waals surface area contributed by atoms with Crippen LogP contribution in [0.4, 0.5) is 5.69 Å². The zero-order valence-corrected chi connectivity index (χ0v) is 14.2. The van der Waals surface area contributed by atoms with Crippen LogP contribution in [0.5, 0.6) is 0 Å². The summed E-state index contributed by atoms with van der Waals surface area (Å²) in [4.78, 5) is 37.1. The summed E-state index contributed by atoms with van der Waals surface area (Å²) in [6.07, 6.45) is 4.08. The zero-order valence-electron chi connectivity index (χ0n) is 14.2. The van der Waals surface area contributed by atoms with Crippen molar-refractivity contribution in [3.05, 3.63) is 29.8 Å². The second kappa shape index (κ2) is 8.47. The second-order valence-corrected chi connectivity index (χ2v) is 5.98. The molecule has 1 aromatic rings. The number of hydrogen-bond donors (Lipinski definition) is 1. The normalized spacial score (nSPS) is 17.2. The van der Waals surface area contributed by atoms with Crippen LogP contribution in [0.25, 0.3) is 0 Å². The Hall–Kier alpha value is -2.37. The molecule has 0 aliphatic carbocycles. The Kier molecular flexibility index (Phi) is 6.35. The van der Waals surface area contributed by atoms with Crippen molar-refractivity contribution in [3.8, 4) is 0 Å². The summed E-state index contributed by atoms with van der Waals surface area (Å²) in [6, 6.07) is 6.62. The number of esters is 1. The van der Waals surface area contributed by atoms with E-state index in [2.05, 4.69) is 12.2 Å². The van der Waals surface area contributed by atoms with E-state index < -0.39 is 5.97 Å². The summed E-state index contributed by atoms with van der Waals surface area (Å²) in [7, 11) is 0. The second-order valence-electron chi connectivity index (χ2n) is 5.98. The van der Waals surface area contributed by atoms with Crippen molar-refractivity contribution >= 4 is 23.5 Å². The summed E-state index contributed by atoms with van der Waals surface area (Å²) in [5.74, 6) is -0.851. The van der Waals surface area contributed by atoms with Gasteiger partial charge in [0.15, 0.2) is 6.61 Å². The van der Waals surface area contributed by atoms with Crippen molar-refractivity contribution in [2.45, 2.75) is 45.6 Å². The highest BCUT2D eigenvalue weighted by Gasteiger charge is 2.26. The van der Waals surface area contributed by atoms with Gasteiger partial charge in [0.1, 0.15) is 0 Å². The molecular formula is C18H24N2O4. The van der Waals surface area contributed by atoms with Gasteiger partial charge < -0.3 is 15.0 Å². The van der Waals surface area contributed by atoms with Gasteiger partial charge in [-0.1, -0.05) is 6.92 Å². The molecule has 1 atom stereocenters. The number of nitrogens with one attached hydrogen (secondary N) is 1. The fourth-order valence-electron chi connectivity index (χ4n) is 2.94. The Morgan fingerprint density at radius 3 is 2.54 bits per heavy atom. The summed E-state index contributed by atoms with van der Waals surface area (Å²) >= 11 is 0. The smallest absolute Gasteiger partial charge is 0.338 e. The lowest BCUT2D eigenvalue weighted by Crippen LogP contribution is -2.45. The van der Waals surface area contributed by atoms with E-state index in [1.54, 1.807) is 24.3 Å². The fraction of sp³-hybridized carbons (Fsp3) is 0.500. The van der Waals surface area contributed by atoms with Crippen LogP contribution in [0.3, 0.4) is 0 Å². The Morgan fingerprint density at radius 1 is 1.21 bits per heavy atom. The van der Waals surface area contributed by atoms with Crippen molar-refractivity contribution < 1.29 is 19.1 Å². The van der Waals surface area contributed by atoms with E-state index >= 15 is 0 Å². The molecule has 1 saturated heterocycles. The zero-order chi connectivity index (χ0) is 17.5. The van der Waals surface area contributed by atoms with E-state index in [9.17, 15) is 14.4 Å². The van der Waals surface area contributed by atoms with E-state index in [4.69, 9.17) is 4.74 Å². The van der Waals surface area contributed by atoms with Gasteiger partial charge >= 0.3 is 5.97 Å². The molecule has 6 nitrogen and oxygen atoms in total. The van der Waals surface area contributed by atoms with Gasteiger partial charge in [-0.15, -0.1) is 0 Å². The highest BCUT2D eigenvalue weighted by Crippen LogP contribution is 2.19. The first-order valence-corrected chi connectivity index (χ1v) is 8.35. The maximum atomic E-state index is 12.3. The van der Waals surface area contributed by atoms with E-state index in [0.29, 0.717) is 11.3 Å². The topological polar surface area (TPSA) is 75.7 Å². The van der Waals surface area contributed by atoms with Gasteiger partial charge in [0.25, 0.3) is 5.91 Å². The van der Waals surface area contributed by atoms with Crippen LogP contribution in [-0.4, -0.2) is 41.9 Å². The first-order chi connectivity index (χ1) is 11.5. The molecular weight excluding hydrogens is 308 g/mol. The van der Waals surface area contributed by atoms with Crippen LogP contribution in [0.15, 0.2) is 24.3 Å². The van der Waals surface area contributed by atoms with Gasteiger partial charge in [0.05, 0.1) is 5.56 Å². The third-order valence-corrected chi connectivity index (χ3v) is 4.19. The molecule has 0 spiro atoms. The number of piperidine rings is 1. The summed E-state index contributed by atoms with van der Waals surface area (Å²) in [5.41, 5.74) is 0.955. The van der Waals surface area contributed by atoms with Crippen molar-refractivity contribution in [1.29, 1.82) is 0 Å². The van der Waals surface area contributed by atoms with Gasteiger partial charge in [-0.2, -0.15) is 0 Å². The number of anilines is 1. The number of likely N-dealkylation sites (tertiary alicyclic amines) is 1. The largest absolute Gasteiger partial charge is 0.452 e. The Bertz CT molecular complexity index is 598. The maximum Gasteiger partial charge on any atom is 0.338 e. The molecule has 130 valence electrons. The summed E-state index contributed by atoms with van der Waals surface area (Å²) in [6.45, 7) is 3.99. The third kappa shape index (κ3) is 4.81. The molecule has 1 aliphatic rings. The van der Waals surface area contributed by atoms with E-state index in [-0.39, 0.29) is 24.5 Å². The molecule has 0 bridgehead atoms. The van der Waals surface area contributed by atoms with Gasteiger partial charge in [-0.25, -0.2) is 4.79 Å². The lowest BCUT2D eigenvalue weighted by molar-refractivity contribution is -0.138. The standard InChI is InChI=1S/C18H24N2O4/c1-3-16-6-4-5-11-20(16)17(22)12-24-18(23)14-7-9-15(10-8-14)19-13(2)21/h7-10,16H,3-6,11-12H2,1-2H3,(H,19,21). The number of amides is 2. The lowest BCUT2D eigenvalue weighted by atomic mass is 10.00. The molecule has 1 fully saturated rings. The Labute approximate surface area is 142 Å². The van der Waals surface area contributed by atoms with Gasteiger partial charge in [0, 0.05) is 25.2 Å². The molecule has 1 heterocycles. The molecule has 1 aliphatic heterocycles. The quantitative estimate of drug-likeness (QED) is 0.841. The van der Waals surface area contributed by atoms with Crippen LogP contribution in [0.2, 0.25) is 0 Å². The Balaban J connectivity index is 1.87. The van der Waals surface area contributed by atoms with Crippen LogP contribution in [-0.2, 0) is 14.3 Å². The molecule has 2 rings (SSSR count). The number of rotatable bonds is 5. The molecule has 0 aromatic heterocycles. The van der Waals surface area contributed by atoms with Gasteiger partial charge in [0.2, 0.25) is 5.91 Å². The van der Waals surface area contributed by atoms with Crippen LogP contribution in [0.1, 0.15) is 49.9 Å². The molecule has 1 unspecified atom stereocenters. The SMILES string of the molecule is CCC1CCCCN1C(=O)COC(=O)c1ccc(NC(C)=O)cc1. The number of carbonyl (C=O) groups is 3. The predicted octanol–water partition coefficient (Wildman–Crippen LogP) is 2.59. The van der Waals surface area contributed by atoms with E-state index in [1.807, 2.05) is 4.90 Å². The number of ether oxygens (including phenoxy) is 1. The van der Waals surface area contributed by atoms with Crippen molar-refractivity contribution in [3.63, 3.8) is 0 Å². The highest BCUT2D eigenvalue weighted by molar-refractivity contribution is 5.93. The molecule has 0 radical (unpaired) electrons. The number of nitrogens with zero attached hydrogens (tertiary/aromatic N) is 1. The van der Waals surface area contributed by atoms with Crippen molar-refractivity contribution in [2.75, 3.05) is 18.5 Å². The average Bonchev–Trinajstić information content (AvgIpc) is 2.59. The van der Waals surface area contributed by atoms with Gasteiger partial charge in [-0.3, -0.25) is 9.59 Å². The first-order valence-electron chi connectivity index (χ1n) is 8.35. The fourth-order valence-corrected chi connectivity index (χ4v) is 2.94. The van der Waals surface area contributed by atoms with E-state index in [1.165, 1.54) is 6.92 Å². The molecule has 1 N–H and O–H groups in total. The first kappa shape index (κ1) is 18.0. The minimum atomic E-state index is -0.539. The monoisotopic (exact) mass is 332 g/mol. The van der Waals surface area contributed by atoms with Crippen molar-refractivity contribution in [1.82, 2.24) is 4.90 Å². The molecule has 6 heteroatoms. The maximum absolute atomic E-state index is 12.3. The molecule has 2 amide bonds. The minimum Gasteiger partial charge on any atom is -0.452 e. The number of hydrogen-bond acceptors (Lipinski definition) is 4. The predicted molar refractivity (Wildman–Crippen MR) is 90.7 cm³/mol. The van der Waals surface area contributed by atoms with Crippen LogP contribution >= 0.6 is 0 Å². The number of benzene rings is 1. The van der Waals surface area contributed by atoms with Crippen molar-refractivity contribution in [2.24, 2.45) is 0 Å². The molecule has 24 heavy (non-hydrogen) atoms. The van der Waals surface area contributed by atoms with Crippen LogP contribution in [0, 0.1) is 0 Å². The molecule has 1 aromatic carbocycles.